The molecule has 1 saturated heterocycles. The lowest BCUT2D eigenvalue weighted by Gasteiger charge is -2.32. The summed E-state index contributed by atoms with van der Waals surface area (Å²) < 4.78 is 5.58. The van der Waals surface area contributed by atoms with Gasteiger partial charge in [0.2, 0.25) is 5.91 Å². The van der Waals surface area contributed by atoms with Crippen LogP contribution in [-0.2, 0) is 24.2 Å². The van der Waals surface area contributed by atoms with Crippen LogP contribution in [0.1, 0.15) is 16.0 Å². The van der Waals surface area contributed by atoms with Crippen LogP contribution >= 0.6 is 11.3 Å². The number of nitrogens with zero attached hydrogens (tertiary/aromatic N) is 1. The van der Waals surface area contributed by atoms with E-state index in [2.05, 4.69) is 18.2 Å². The van der Waals surface area contributed by atoms with E-state index in [1.54, 1.807) is 16.2 Å². The lowest BCUT2D eigenvalue weighted by molar-refractivity contribution is -0.917. The molecule has 1 amide bonds. The molecule has 4 rings (SSSR count). The van der Waals surface area contributed by atoms with Gasteiger partial charge in [-0.2, -0.15) is 0 Å². The molecule has 0 saturated carbocycles. The molecule has 0 bridgehead atoms. The number of carbonyl (C=O) groups is 1. The molecular formula is C19H23N2O2S+. The Morgan fingerprint density at radius 3 is 2.92 bits per heavy atom. The topological polar surface area (TPSA) is 34.0 Å². The quantitative estimate of drug-likeness (QED) is 0.904. The van der Waals surface area contributed by atoms with Gasteiger partial charge in [-0.05, 0) is 35.2 Å². The molecule has 5 heteroatoms. The first-order chi connectivity index (χ1) is 11.8. The Labute approximate surface area is 146 Å². The number of fused-ring (bicyclic) bond motifs is 1. The van der Waals surface area contributed by atoms with Crippen molar-refractivity contribution in [3.05, 3.63) is 51.7 Å². The maximum atomic E-state index is 12.4. The van der Waals surface area contributed by atoms with Crippen molar-refractivity contribution in [2.45, 2.75) is 19.4 Å². The second-order valence-corrected chi connectivity index (χ2v) is 7.64. The largest absolute Gasteiger partial charge is 0.493 e. The van der Waals surface area contributed by atoms with Crippen LogP contribution in [0.15, 0.2) is 35.7 Å². The molecule has 1 aromatic heterocycles. The number of thiophene rings is 1. The third kappa shape index (κ3) is 3.47. The third-order valence-electron chi connectivity index (χ3n) is 4.94. The van der Waals surface area contributed by atoms with Crippen molar-refractivity contribution in [3.8, 4) is 5.75 Å². The summed E-state index contributed by atoms with van der Waals surface area (Å²) in [6, 6.07) is 10.6. The fourth-order valence-corrected chi connectivity index (χ4v) is 4.26. The number of benzene rings is 1. The Kier molecular flexibility index (Phi) is 4.54. The van der Waals surface area contributed by atoms with Gasteiger partial charge < -0.3 is 14.5 Å². The number of rotatable bonds is 4. The van der Waals surface area contributed by atoms with Crippen molar-refractivity contribution in [2.75, 3.05) is 32.8 Å². The molecule has 2 aromatic rings. The molecule has 2 aliphatic heterocycles. The standard InChI is InChI=1S/C19H22N2O2S/c22-19(13-17-2-1-11-24-17)21-8-6-20(7-9-21)14-15-3-4-18-16(12-15)5-10-23-18/h1-4,11-12H,5-10,13-14H2/p+1. The second kappa shape index (κ2) is 6.95. The molecule has 1 N–H and O–H groups in total. The predicted molar refractivity (Wildman–Crippen MR) is 94.6 cm³/mol. The fourth-order valence-electron chi connectivity index (χ4n) is 3.56. The van der Waals surface area contributed by atoms with Crippen molar-refractivity contribution in [2.24, 2.45) is 0 Å². The van der Waals surface area contributed by atoms with Crippen LogP contribution in [0.3, 0.4) is 0 Å². The molecule has 0 radical (unpaired) electrons. The van der Waals surface area contributed by atoms with Crippen LogP contribution in [0, 0.1) is 0 Å². The van der Waals surface area contributed by atoms with E-state index in [1.807, 2.05) is 22.4 Å². The van der Waals surface area contributed by atoms with Gasteiger partial charge in [0.05, 0.1) is 39.2 Å². The summed E-state index contributed by atoms with van der Waals surface area (Å²) in [5.41, 5.74) is 2.73. The van der Waals surface area contributed by atoms with Crippen LogP contribution < -0.4 is 9.64 Å². The molecule has 0 spiro atoms. The summed E-state index contributed by atoms with van der Waals surface area (Å²) in [4.78, 5) is 17.1. The average Bonchev–Trinajstić information content (AvgIpc) is 3.26. The molecule has 0 aliphatic carbocycles. The van der Waals surface area contributed by atoms with Crippen molar-refractivity contribution in [3.63, 3.8) is 0 Å². The van der Waals surface area contributed by atoms with Crippen molar-refractivity contribution in [1.82, 2.24) is 4.90 Å². The molecule has 3 heterocycles. The van der Waals surface area contributed by atoms with Crippen LogP contribution in [0.4, 0.5) is 0 Å². The Balaban J connectivity index is 1.29. The molecule has 1 fully saturated rings. The zero-order valence-electron chi connectivity index (χ0n) is 13.8. The number of hydrogen-bond acceptors (Lipinski definition) is 3. The van der Waals surface area contributed by atoms with Gasteiger partial charge in [0, 0.05) is 16.9 Å². The highest BCUT2D eigenvalue weighted by molar-refractivity contribution is 7.10. The van der Waals surface area contributed by atoms with Gasteiger partial charge in [-0.25, -0.2) is 0 Å². The molecule has 4 nitrogen and oxygen atoms in total. The van der Waals surface area contributed by atoms with E-state index in [1.165, 1.54) is 11.1 Å². The summed E-state index contributed by atoms with van der Waals surface area (Å²) in [6.07, 6.45) is 1.58. The van der Waals surface area contributed by atoms with Gasteiger partial charge >= 0.3 is 0 Å². The molecule has 0 unspecified atom stereocenters. The second-order valence-electron chi connectivity index (χ2n) is 6.60. The summed E-state index contributed by atoms with van der Waals surface area (Å²) in [6.45, 7) is 5.66. The van der Waals surface area contributed by atoms with E-state index in [-0.39, 0.29) is 5.91 Å². The highest BCUT2D eigenvalue weighted by Crippen LogP contribution is 2.25. The van der Waals surface area contributed by atoms with Crippen LogP contribution in [0.5, 0.6) is 5.75 Å². The van der Waals surface area contributed by atoms with Gasteiger partial charge in [0.15, 0.2) is 0 Å². The van der Waals surface area contributed by atoms with Gasteiger partial charge in [-0.1, -0.05) is 6.07 Å². The number of ether oxygens (including phenoxy) is 1. The highest BCUT2D eigenvalue weighted by Gasteiger charge is 2.24. The first-order valence-electron chi connectivity index (χ1n) is 8.66. The maximum Gasteiger partial charge on any atom is 0.228 e. The number of hydrogen-bond donors (Lipinski definition) is 1. The summed E-state index contributed by atoms with van der Waals surface area (Å²) in [7, 11) is 0. The zero-order valence-corrected chi connectivity index (χ0v) is 14.6. The van der Waals surface area contributed by atoms with E-state index in [4.69, 9.17) is 4.74 Å². The van der Waals surface area contributed by atoms with Gasteiger partial charge in [0.25, 0.3) is 0 Å². The third-order valence-corrected chi connectivity index (χ3v) is 5.81. The van der Waals surface area contributed by atoms with E-state index >= 15 is 0 Å². The predicted octanol–water partition coefficient (Wildman–Crippen LogP) is 1.15. The zero-order chi connectivity index (χ0) is 16.4. The Morgan fingerprint density at radius 1 is 1.25 bits per heavy atom. The van der Waals surface area contributed by atoms with Crippen molar-refractivity contribution < 1.29 is 14.4 Å². The lowest BCUT2D eigenvalue weighted by Crippen LogP contribution is -3.13. The average molecular weight is 343 g/mol. The number of quaternary nitrogens is 1. The van der Waals surface area contributed by atoms with Crippen LogP contribution in [-0.4, -0.2) is 43.6 Å². The first kappa shape index (κ1) is 15.7. The summed E-state index contributed by atoms with van der Waals surface area (Å²) in [5.74, 6) is 1.32. The minimum absolute atomic E-state index is 0.270. The van der Waals surface area contributed by atoms with Crippen LogP contribution in [0.2, 0.25) is 0 Å². The number of nitrogens with one attached hydrogen (secondary N) is 1. The molecule has 0 atom stereocenters. The summed E-state index contributed by atoms with van der Waals surface area (Å²) >= 11 is 1.66. The number of piperazine rings is 1. The molecule has 1 aromatic carbocycles. The van der Waals surface area contributed by atoms with E-state index < -0.39 is 0 Å². The number of carbonyl (C=O) groups excluding carboxylic acids is 1. The maximum absolute atomic E-state index is 12.4. The minimum atomic E-state index is 0.270. The normalized spacial score (nSPS) is 17.6. The molecule has 24 heavy (non-hydrogen) atoms. The highest BCUT2D eigenvalue weighted by atomic mass is 32.1. The van der Waals surface area contributed by atoms with Gasteiger partial charge in [-0.15, -0.1) is 11.3 Å². The monoisotopic (exact) mass is 343 g/mol. The van der Waals surface area contributed by atoms with Gasteiger partial charge in [0.1, 0.15) is 12.3 Å². The van der Waals surface area contributed by atoms with Crippen molar-refractivity contribution >= 4 is 17.2 Å². The van der Waals surface area contributed by atoms with Crippen LogP contribution in [0.25, 0.3) is 0 Å². The smallest absolute Gasteiger partial charge is 0.228 e. The molecule has 126 valence electrons. The first-order valence-corrected chi connectivity index (χ1v) is 9.54. The van der Waals surface area contributed by atoms with E-state index in [0.717, 1.165) is 56.4 Å². The van der Waals surface area contributed by atoms with Gasteiger partial charge in [-0.3, -0.25) is 4.79 Å². The number of amides is 1. The summed E-state index contributed by atoms with van der Waals surface area (Å²) in [5, 5.41) is 2.03. The van der Waals surface area contributed by atoms with E-state index in [9.17, 15) is 4.79 Å². The SMILES string of the molecule is O=C(Cc1cccs1)N1CC[NH+](Cc2ccc3c(c2)CCO3)CC1. The Morgan fingerprint density at radius 2 is 2.12 bits per heavy atom. The molecule has 2 aliphatic rings. The Bertz CT molecular complexity index is 706. The minimum Gasteiger partial charge on any atom is -0.493 e. The van der Waals surface area contributed by atoms with Crippen molar-refractivity contribution in [1.29, 1.82) is 0 Å². The van der Waals surface area contributed by atoms with E-state index in [0.29, 0.717) is 6.42 Å². The fraction of sp³-hybridized carbons (Fsp3) is 0.421. The Hall–Kier alpha value is -1.85. The lowest BCUT2D eigenvalue weighted by atomic mass is 10.1. The molecular weight excluding hydrogens is 320 g/mol.